The standard InChI is InChI=1S/4C18H15P.C9H6ClN3.C5H4N.C4H2ClIN2.C4H8O.BrH.Pd.Zn/c4*1-4-10-16(11-5-1)19(17-12-6-2-7-13-17)18-14-8-3-9-15-18;10-9-12-5-7(6-13-9)8-3-1-2-4-11-8;1-2-4-6-5-3-1;5-4-7-1-3(6)2-8-4;1-2-4-5-3-1;;;/h4*1-15H;1-6H;1-4H;1-2H;1-4H2;1H;;/q;;;;;-1;;;;;+2/p-1. The molecule has 0 amide bonds. The SMILES string of the molecule is C1CCOC1.Clc1ncc(-c2ccccn2)cn1.Clc1ncc(I)cn1.[Pd].[Zn+][Br].[c-]1ccccn1.c1ccc(P(c2ccccc2)c2ccccc2)cc1.c1ccc(P(c2ccccc2)c2ccccc2)cc1.c1ccc(P(c2ccccc2)c2ccccc2)cc1.c1ccc(P(c2ccccc2)c2ccccc2)cc1. The molecule has 16 aromatic rings. The molecule has 0 unspecified atom stereocenters. The number of pyridine rings is 2. The Bertz CT molecular complexity index is 4060. The molecule has 0 saturated carbocycles. The zero-order valence-corrected chi connectivity index (χ0v) is 74.2. The van der Waals surface area contributed by atoms with E-state index in [0.717, 1.165) is 28.0 Å². The summed E-state index contributed by atoms with van der Waals surface area (Å²) in [4.78, 5) is 23.0. The average molecular weight is 1880 g/mol. The van der Waals surface area contributed by atoms with Gasteiger partial charge in [-0.3, -0.25) is 4.98 Å². The Morgan fingerprint density at radius 2 is 0.505 bits per heavy atom. The molecule has 111 heavy (non-hydrogen) atoms. The molecule has 17 heteroatoms. The fourth-order valence-electron chi connectivity index (χ4n) is 10.8. The van der Waals surface area contributed by atoms with Crippen LogP contribution < -0.4 is 63.7 Å². The second-order valence-corrected chi connectivity index (χ2v) is 34.1. The van der Waals surface area contributed by atoms with Crippen LogP contribution >= 0.6 is 91.1 Å². The summed E-state index contributed by atoms with van der Waals surface area (Å²) in [7, 11) is -1.78. The maximum absolute atomic E-state index is 5.56. The molecule has 5 heterocycles. The molecular formula is C94H80BrCl2IN6OP4PdZn. The number of aromatic nitrogens is 6. The summed E-state index contributed by atoms with van der Waals surface area (Å²) < 4.78 is 5.94. The van der Waals surface area contributed by atoms with Crippen LogP contribution in [0.25, 0.3) is 11.3 Å². The van der Waals surface area contributed by atoms with Crippen LogP contribution in [-0.2, 0) is 41.5 Å². The zero-order chi connectivity index (χ0) is 76.5. The zero-order valence-electron chi connectivity index (χ0n) is 60.8. The molecule has 0 aliphatic carbocycles. The van der Waals surface area contributed by atoms with Crippen molar-refractivity contribution < 1.29 is 41.5 Å². The molecule has 0 bridgehead atoms. The fraction of sp³-hybridized carbons (Fsp3) is 0.0426. The molecule has 7 nitrogen and oxygen atoms in total. The van der Waals surface area contributed by atoms with Crippen LogP contribution in [0.15, 0.2) is 438 Å². The van der Waals surface area contributed by atoms with Crippen molar-refractivity contribution in [3.63, 3.8) is 0 Å². The third-order valence-corrected chi connectivity index (χ3v) is 26.4. The third-order valence-electron chi connectivity index (χ3n) is 15.7. The van der Waals surface area contributed by atoms with Crippen LogP contribution in [0.1, 0.15) is 12.8 Å². The Kier molecular flexibility index (Phi) is 42.8. The predicted octanol–water partition coefficient (Wildman–Crippen LogP) is 20.2. The molecule has 552 valence electrons. The summed E-state index contributed by atoms with van der Waals surface area (Å²) in [6.07, 6.45) is 15.2. The first-order valence-electron chi connectivity index (χ1n) is 35.4. The van der Waals surface area contributed by atoms with Crippen molar-refractivity contribution in [2.75, 3.05) is 13.2 Å². The molecule has 4 aromatic heterocycles. The molecule has 0 spiro atoms. The van der Waals surface area contributed by atoms with Gasteiger partial charge in [0.15, 0.2) is 0 Å². The molecule has 1 aliphatic rings. The Morgan fingerprint density at radius 1 is 0.288 bits per heavy atom. The largest absolute Gasteiger partial charge is 0.394 e. The van der Waals surface area contributed by atoms with Gasteiger partial charge < -0.3 is 9.72 Å². The molecule has 0 atom stereocenters. The van der Waals surface area contributed by atoms with Gasteiger partial charge in [-0.1, -0.05) is 382 Å². The van der Waals surface area contributed by atoms with Crippen molar-refractivity contribution in [1.29, 1.82) is 0 Å². The van der Waals surface area contributed by atoms with Gasteiger partial charge in [0.25, 0.3) is 0 Å². The number of benzene rings is 12. The maximum atomic E-state index is 5.56. The molecule has 0 radical (unpaired) electrons. The Balaban J connectivity index is 0.000000164. The van der Waals surface area contributed by atoms with Gasteiger partial charge in [-0.25, -0.2) is 19.9 Å². The van der Waals surface area contributed by atoms with Gasteiger partial charge in [0.05, 0.1) is 5.69 Å². The van der Waals surface area contributed by atoms with E-state index in [1.165, 1.54) is 92.8 Å². The predicted molar refractivity (Wildman–Crippen MR) is 483 cm³/mol. The molecule has 1 saturated heterocycles. The third kappa shape index (κ3) is 31.7. The normalized spacial score (nSPS) is 10.6. The number of nitrogens with zero attached hydrogens (tertiary/aromatic N) is 6. The van der Waals surface area contributed by atoms with Crippen LogP contribution in [-0.4, -0.2) is 43.1 Å². The summed E-state index contributed by atoms with van der Waals surface area (Å²) in [5, 5.41) is 17.3. The minimum Gasteiger partial charge on any atom is -0.394 e. The monoisotopic (exact) mass is 1880 g/mol. The first-order chi connectivity index (χ1) is 54.4. The van der Waals surface area contributed by atoms with E-state index in [4.69, 9.17) is 27.9 Å². The van der Waals surface area contributed by atoms with E-state index >= 15 is 0 Å². The Morgan fingerprint density at radius 3 is 0.658 bits per heavy atom. The first kappa shape index (κ1) is 88.4. The second kappa shape index (κ2) is 53.7. The van der Waals surface area contributed by atoms with Gasteiger partial charge in [0, 0.05) is 73.8 Å². The second-order valence-electron chi connectivity index (χ2n) is 23.3. The van der Waals surface area contributed by atoms with Crippen molar-refractivity contribution in [2.24, 2.45) is 0 Å². The number of halogens is 4. The number of hydrogen-bond donors (Lipinski definition) is 0. The summed E-state index contributed by atoms with van der Waals surface area (Å²) in [5.41, 5.74) is 1.71. The number of hydrogen-bond acceptors (Lipinski definition) is 7. The Labute approximate surface area is 714 Å². The van der Waals surface area contributed by atoms with Crippen molar-refractivity contribution in [2.45, 2.75) is 12.8 Å². The van der Waals surface area contributed by atoms with Crippen molar-refractivity contribution >= 4 is 155 Å². The van der Waals surface area contributed by atoms with Gasteiger partial charge >= 0.3 is 30.0 Å². The number of rotatable bonds is 13. The number of ether oxygens (including phenoxy) is 1. The molecule has 1 fully saturated rings. The van der Waals surface area contributed by atoms with Crippen molar-refractivity contribution in [3.05, 3.63) is 458 Å². The van der Waals surface area contributed by atoms with Crippen molar-refractivity contribution in [1.82, 2.24) is 29.9 Å². The minimum absolute atomic E-state index is 0. The molecular weight excluding hydrogens is 1800 g/mol. The average Bonchev–Trinajstić information content (AvgIpc) is 1.18. The first-order valence-corrected chi connectivity index (χ1v) is 49.5. The Hall–Kier alpha value is -8.14. The van der Waals surface area contributed by atoms with E-state index in [0.29, 0.717) is 5.28 Å². The van der Waals surface area contributed by atoms with Crippen LogP contribution in [0, 0.1) is 9.77 Å². The van der Waals surface area contributed by atoms with E-state index in [-0.39, 0.29) is 25.7 Å². The molecule has 1 aliphatic heterocycles. The van der Waals surface area contributed by atoms with E-state index in [1.807, 2.05) is 30.3 Å². The van der Waals surface area contributed by atoms with Gasteiger partial charge in [-0.2, -0.15) is 18.2 Å². The van der Waals surface area contributed by atoms with Gasteiger partial charge in [-0.15, -0.1) is 0 Å². The fourth-order valence-corrected chi connectivity index (χ4v) is 20.5. The molecule has 12 aromatic carbocycles. The van der Waals surface area contributed by atoms with Gasteiger partial charge in [0.2, 0.25) is 10.6 Å². The van der Waals surface area contributed by atoms with Crippen LogP contribution in [0.2, 0.25) is 10.6 Å². The van der Waals surface area contributed by atoms with Crippen LogP contribution in [0.4, 0.5) is 0 Å². The van der Waals surface area contributed by atoms with E-state index < -0.39 is 31.7 Å². The van der Waals surface area contributed by atoms with Crippen LogP contribution in [0.3, 0.4) is 0 Å². The smallest absolute Gasteiger partial charge is 0.0134 e. The summed E-state index contributed by atoms with van der Waals surface area (Å²) in [5.74, 6) is 0. The summed E-state index contributed by atoms with van der Waals surface area (Å²) >= 11 is 17.3. The van der Waals surface area contributed by atoms with Gasteiger partial charge in [-0.05, 0) is 166 Å². The quantitative estimate of drug-likeness (QED) is 0.0374. The molecule has 17 rings (SSSR count). The summed E-state index contributed by atoms with van der Waals surface area (Å²) in [6.45, 7) is 2.00. The van der Waals surface area contributed by atoms with Gasteiger partial charge in [0.1, 0.15) is 0 Å². The van der Waals surface area contributed by atoms with E-state index in [2.05, 4.69) is 436 Å². The van der Waals surface area contributed by atoms with E-state index in [9.17, 15) is 0 Å². The maximum Gasteiger partial charge on any atom is -0.0134 e. The summed E-state index contributed by atoms with van der Waals surface area (Å²) in [6, 6.07) is 140. The molecule has 0 N–H and O–H groups in total. The van der Waals surface area contributed by atoms with Crippen LogP contribution in [0.5, 0.6) is 0 Å². The minimum atomic E-state index is -0.446. The van der Waals surface area contributed by atoms with E-state index in [1.54, 1.807) is 43.2 Å². The topological polar surface area (TPSA) is 86.6 Å². The van der Waals surface area contributed by atoms with Crippen molar-refractivity contribution in [3.8, 4) is 11.3 Å².